The molecular weight excluding hydrogens is 352 g/mol. The second-order valence-corrected chi connectivity index (χ2v) is 6.32. The number of benzene rings is 1. The minimum Gasteiger partial charge on any atom is -0.271 e. The van der Waals surface area contributed by atoms with Gasteiger partial charge in [-0.15, -0.1) is 0 Å². The van der Waals surface area contributed by atoms with Crippen LogP contribution in [0.2, 0.25) is 5.02 Å². The minimum absolute atomic E-state index is 0.0126. The first-order valence-electron chi connectivity index (χ1n) is 6.91. The maximum atomic E-state index is 6.12. The molecule has 2 rings (SSSR count). The first-order chi connectivity index (χ1) is 9.97. The van der Waals surface area contributed by atoms with E-state index in [0.717, 1.165) is 45.0 Å². The molecule has 1 heterocycles. The maximum Gasteiger partial charge on any atom is 0.0738 e. The molecule has 0 amide bonds. The van der Waals surface area contributed by atoms with Gasteiger partial charge in [-0.1, -0.05) is 17.7 Å². The standard InChI is InChI=1S/C15H20BrClN4/c1-4-21-14(15(16)10(3)20-21)8-13(19-18)12-7-11(17)6-5-9(12)2/h5-7,13,19H,4,8,18H2,1-3H3. The van der Waals surface area contributed by atoms with Crippen LogP contribution in [0.3, 0.4) is 0 Å². The molecule has 6 heteroatoms. The highest BCUT2D eigenvalue weighted by atomic mass is 79.9. The lowest BCUT2D eigenvalue weighted by molar-refractivity contribution is 0.514. The molecular formula is C15H20BrClN4. The molecule has 0 bridgehead atoms. The Morgan fingerprint density at radius 2 is 2.14 bits per heavy atom. The summed E-state index contributed by atoms with van der Waals surface area (Å²) in [5.74, 6) is 5.78. The Labute approximate surface area is 138 Å². The maximum absolute atomic E-state index is 6.12. The number of nitrogens with zero attached hydrogens (tertiary/aromatic N) is 2. The number of hydrazine groups is 1. The van der Waals surface area contributed by atoms with Crippen LogP contribution in [0.1, 0.15) is 35.5 Å². The van der Waals surface area contributed by atoms with Gasteiger partial charge in [0.2, 0.25) is 0 Å². The zero-order chi connectivity index (χ0) is 15.6. The van der Waals surface area contributed by atoms with E-state index in [1.165, 1.54) is 0 Å². The van der Waals surface area contributed by atoms with Crippen LogP contribution in [-0.2, 0) is 13.0 Å². The third-order valence-corrected chi connectivity index (χ3v) is 4.93. The molecule has 114 valence electrons. The number of hydrogen-bond donors (Lipinski definition) is 2. The van der Waals surface area contributed by atoms with Crippen molar-refractivity contribution in [1.82, 2.24) is 15.2 Å². The molecule has 0 aliphatic rings. The van der Waals surface area contributed by atoms with E-state index in [1.807, 2.05) is 29.8 Å². The van der Waals surface area contributed by atoms with Gasteiger partial charge in [0.05, 0.1) is 21.9 Å². The molecule has 4 nitrogen and oxygen atoms in total. The average Bonchev–Trinajstić information content (AvgIpc) is 2.74. The largest absolute Gasteiger partial charge is 0.271 e. The predicted octanol–water partition coefficient (Wildman–Crippen LogP) is 3.68. The van der Waals surface area contributed by atoms with Gasteiger partial charge in [-0.25, -0.2) is 0 Å². The fraction of sp³-hybridized carbons (Fsp3) is 0.400. The number of aryl methyl sites for hydroxylation is 3. The molecule has 0 aliphatic carbocycles. The van der Waals surface area contributed by atoms with Gasteiger partial charge in [0.15, 0.2) is 0 Å². The van der Waals surface area contributed by atoms with Crippen molar-refractivity contribution in [2.24, 2.45) is 5.84 Å². The summed E-state index contributed by atoms with van der Waals surface area (Å²) < 4.78 is 3.05. The van der Waals surface area contributed by atoms with Crippen LogP contribution < -0.4 is 11.3 Å². The zero-order valence-corrected chi connectivity index (χ0v) is 14.8. The molecule has 3 N–H and O–H groups in total. The highest BCUT2D eigenvalue weighted by Crippen LogP contribution is 2.28. The molecule has 0 aliphatic heterocycles. The highest BCUT2D eigenvalue weighted by Gasteiger charge is 2.19. The number of halogens is 2. The Morgan fingerprint density at radius 1 is 1.43 bits per heavy atom. The highest BCUT2D eigenvalue weighted by molar-refractivity contribution is 9.10. The monoisotopic (exact) mass is 370 g/mol. The van der Waals surface area contributed by atoms with Gasteiger partial charge < -0.3 is 0 Å². The van der Waals surface area contributed by atoms with Crippen molar-refractivity contribution in [3.8, 4) is 0 Å². The number of rotatable bonds is 5. The zero-order valence-electron chi connectivity index (χ0n) is 12.5. The first kappa shape index (κ1) is 16.5. The van der Waals surface area contributed by atoms with Crippen LogP contribution in [0.4, 0.5) is 0 Å². The third-order valence-electron chi connectivity index (χ3n) is 3.67. The number of hydrogen-bond acceptors (Lipinski definition) is 3. The molecule has 0 saturated carbocycles. The number of nitrogens with one attached hydrogen (secondary N) is 1. The van der Waals surface area contributed by atoms with E-state index in [4.69, 9.17) is 17.4 Å². The lowest BCUT2D eigenvalue weighted by Gasteiger charge is -2.19. The van der Waals surface area contributed by atoms with Gasteiger partial charge in [0.1, 0.15) is 0 Å². The molecule has 21 heavy (non-hydrogen) atoms. The first-order valence-corrected chi connectivity index (χ1v) is 8.09. The van der Waals surface area contributed by atoms with Crippen molar-refractivity contribution < 1.29 is 0 Å². The van der Waals surface area contributed by atoms with E-state index in [0.29, 0.717) is 0 Å². The molecule has 1 atom stereocenters. The van der Waals surface area contributed by atoms with Gasteiger partial charge >= 0.3 is 0 Å². The van der Waals surface area contributed by atoms with E-state index in [-0.39, 0.29) is 6.04 Å². The lowest BCUT2D eigenvalue weighted by Crippen LogP contribution is -2.31. The topological polar surface area (TPSA) is 55.9 Å². The van der Waals surface area contributed by atoms with Crippen molar-refractivity contribution in [3.63, 3.8) is 0 Å². The van der Waals surface area contributed by atoms with Gasteiger partial charge in [-0.2, -0.15) is 5.10 Å². The molecule has 0 saturated heterocycles. The predicted molar refractivity (Wildman–Crippen MR) is 90.3 cm³/mol. The number of nitrogens with two attached hydrogens (primary N) is 1. The van der Waals surface area contributed by atoms with Crippen molar-refractivity contribution in [3.05, 3.63) is 50.2 Å². The average molecular weight is 372 g/mol. The fourth-order valence-corrected chi connectivity index (χ4v) is 3.13. The van der Waals surface area contributed by atoms with Crippen LogP contribution >= 0.6 is 27.5 Å². The molecule has 0 radical (unpaired) electrons. The van der Waals surface area contributed by atoms with Gasteiger partial charge in [0, 0.05) is 18.0 Å². The normalized spacial score (nSPS) is 12.7. The molecule has 0 spiro atoms. The van der Waals surface area contributed by atoms with Crippen LogP contribution in [-0.4, -0.2) is 9.78 Å². The van der Waals surface area contributed by atoms with Gasteiger partial charge in [-0.05, 0) is 60.0 Å². The summed E-state index contributed by atoms with van der Waals surface area (Å²) in [6.07, 6.45) is 0.743. The smallest absolute Gasteiger partial charge is 0.0738 e. The van der Waals surface area contributed by atoms with E-state index in [2.05, 4.69) is 40.3 Å². The van der Waals surface area contributed by atoms with Crippen molar-refractivity contribution in [2.75, 3.05) is 0 Å². The summed E-state index contributed by atoms with van der Waals surface area (Å²) in [6.45, 7) is 6.97. The van der Waals surface area contributed by atoms with Gasteiger partial charge in [0.25, 0.3) is 0 Å². The van der Waals surface area contributed by atoms with Crippen molar-refractivity contribution >= 4 is 27.5 Å². The Balaban J connectivity index is 2.38. The second kappa shape index (κ2) is 6.92. The minimum atomic E-state index is -0.0126. The van der Waals surface area contributed by atoms with Crippen LogP contribution in [0.25, 0.3) is 0 Å². The molecule has 1 aromatic carbocycles. The summed E-state index contributed by atoms with van der Waals surface area (Å²) in [7, 11) is 0. The van der Waals surface area contributed by atoms with Crippen LogP contribution in [0, 0.1) is 13.8 Å². The summed E-state index contributed by atoms with van der Waals surface area (Å²) in [6, 6.07) is 5.86. The Hall–Kier alpha value is -0.880. The second-order valence-electron chi connectivity index (χ2n) is 5.09. The fourth-order valence-electron chi connectivity index (χ4n) is 2.50. The van der Waals surface area contributed by atoms with Crippen molar-refractivity contribution in [2.45, 2.75) is 39.8 Å². The summed E-state index contributed by atoms with van der Waals surface area (Å²) in [4.78, 5) is 0. The Kier molecular flexibility index (Phi) is 5.43. The van der Waals surface area contributed by atoms with Gasteiger partial charge in [-0.3, -0.25) is 16.0 Å². The summed E-state index contributed by atoms with van der Waals surface area (Å²) in [5.41, 5.74) is 7.30. The van der Waals surface area contributed by atoms with E-state index < -0.39 is 0 Å². The molecule has 1 unspecified atom stereocenters. The van der Waals surface area contributed by atoms with E-state index >= 15 is 0 Å². The Morgan fingerprint density at radius 3 is 2.76 bits per heavy atom. The molecule has 2 aromatic rings. The summed E-state index contributed by atoms with van der Waals surface area (Å²) >= 11 is 9.75. The Bertz CT molecular complexity index is 639. The molecule has 0 fully saturated rings. The number of aromatic nitrogens is 2. The quantitative estimate of drug-likeness (QED) is 0.622. The molecule has 1 aromatic heterocycles. The summed E-state index contributed by atoms with van der Waals surface area (Å²) in [5, 5.41) is 5.24. The van der Waals surface area contributed by atoms with Crippen LogP contribution in [0.15, 0.2) is 22.7 Å². The SMILES string of the molecule is CCn1nc(C)c(Br)c1CC(NN)c1cc(Cl)ccc1C. The lowest BCUT2D eigenvalue weighted by atomic mass is 9.98. The van der Waals surface area contributed by atoms with Crippen LogP contribution in [0.5, 0.6) is 0 Å². The van der Waals surface area contributed by atoms with E-state index in [1.54, 1.807) is 0 Å². The van der Waals surface area contributed by atoms with Crippen molar-refractivity contribution in [1.29, 1.82) is 0 Å². The third kappa shape index (κ3) is 3.48. The van der Waals surface area contributed by atoms with E-state index in [9.17, 15) is 0 Å².